The van der Waals surface area contributed by atoms with E-state index in [1.807, 2.05) is 30.3 Å². The lowest BCUT2D eigenvalue weighted by Crippen LogP contribution is -2.43. The number of amides is 1. The third-order valence-electron chi connectivity index (χ3n) is 5.26. The molecule has 4 heteroatoms. The zero-order chi connectivity index (χ0) is 16.3. The first-order valence-corrected chi connectivity index (χ1v) is 8.64. The molecule has 1 aromatic rings. The van der Waals surface area contributed by atoms with E-state index in [1.165, 1.54) is 6.42 Å². The molecule has 0 radical (unpaired) electrons. The summed E-state index contributed by atoms with van der Waals surface area (Å²) < 4.78 is 5.31. The number of hydrogen-bond donors (Lipinski definition) is 1. The van der Waals surface area contributed by atoms with Gasteiger partial charge >= 0.3 is 5.97 Å². The number of esters is 1. The summed E-state index contributed by atoms with van der Waals surface area (Å²) in [6.07, 6.45) is 6.18. The molecule has 2 atom stereocenters. The maximum atomic E-state index is 12.4. The number of nitrogens with one attached hydrogen (secondary N) is 1. The van der Waals surface area contributed by atoms with Gasteiger partial charge in [-0.05, 0) is 37.2 Å². The highest BCUT2D eigenvalue weighted by molar-refractivity contribution is 5.89. The molecule has 1 amide bonds. The number of ether oxygens (including phenoxy) is 1. The summed E-state index contributed by atoms with van der Waals surface area (Å²) in [6, 6.07) is 9.93. The van der Waals surface area contributed by atoms with Crippen molar-refractivity contribution in [2.24, 2.45) is 5.92 Å². The van der Waals surface area contributed by atoms with Gasteiger partial charge in [0.2, 0.25) is 0 Å². The third-order valence-corrected chi connectivity index (χ3v) is 5.26. The van der Waals surface area contributed by atoms with Gasteiger partial charge in [0.25, 0.3) is 5.91 Å². The van der Waals surface area contributed by atoms with Gasteiger partial charge in [-0.1, -0.05) is 50.1 Å². The highest BCUT2D eigenvalue weighted by Crippen LogP contribution is 2.49. The molecular formula is C19H25NO3. The summed E-state index contributed by atoms with van der Waals surface area (Å²) >= 11 is 0. The van der Waals surface area contributed by atoms with Gasteiger partial charge in [0, 0.05) is 6.04 Å². The Labute approximate surface area is 137 Å². The normalized spacial score (nSPS) is 25.4. The minimum Gasteiger partial charge on any atom is -0.455 e. The third kappa shape index (κ3) is 3.57. The molecule has 2 saturated carbocycles. The van der Waals surface area contributed by atoms with Crippen LogP contribution >= 0.6 is 0 Å². The first-order chi connectivity index (χ1) is 11.1. The zero-order valence-corrected chi connectivity index (χ0v) is 13.7. The Balaban J connectivity index is 1.50. The monoisotopic (exact) mass is 315 g/mol. The average Bonchev–Trinajstić information content (AvgIpc) is 3.37. The van der Waals surface area contributed by atoms with E-state index in [4.69, 9.17) is 4.74 Å². The molecule has 1 N–H and O–H groups in total. The summed E-state index contributed by atoms with van der Waals surface area (Å²) in [5.74, 6) is 0.0546. The Kier molecular flexibility index (Phi) is 4.69. The number of carbonyl (C=O) groups excluding carboxylic acids is 2. The molecule has 2 aliphatic carbocycles. The fraction of sp³-hybridized carbons (Fsp3) is 0.579. The summed E-state index contributed by atoms with van der Waals surface area (Å²) in [4.78, 5) is 24.4. The SMILES string of the molecule is C[C@@H]1CCCC[C@@H]1NC(=O)COC(=O)C1(c2ccccc2)CC1. The number of hydrogen-bond acceptors (Lipinski definition) is 3. The number of benzene rings is 1. The lowest BCUT2D eigenvalue weighted by Gasteiger charge is -2.29. The van der Waals surface area contributed by atoms with Gasteiger partial charge in [-0.25, -0.2) is 0 Å². The second kappa shape index (κ2) is 6.73. The Morgan fingerprint density at radius 1 is 1.17 bits per heavy atom. The molecule has 2 fully saturated rings. The van der Waals surface area contributed by atoms with E-state index < -0.39 is 5.41 Å². The van der Waals surface area contributed by atoms with E-state index in [9.17, 15) is 9.59 Å². The van der Waals surface area contributed by atoms with Crippen molar-refractivity contribution < 1.29 is 14.3 Å². The molecule has 3 rings (SSSR count). The van der Waals surface area contributed by atoms with E-state index in [2.05, 4.69) is 12.2 Å². The molecule has 4 nitrogen and oxygen atoms in total. The Morgan fingerprint density at radius 2 is 1.87 bits per heavy atom. The van der Waals surface area contributed by atoms with Crippen LogP contribution in [0.5, 0.6) is 0 Å². The second-order valence-corrected chi connectivity index (χ2v) is 6.96. The van der Waals surface area contributed by atoms with E-state index >= 15 is 0 Å². The molecule has 2 aliphatic rings. The van der Waals surface area contributed by atoms with Crippen molar-refractivity contribution >= 4 is 11.9 Å². The van der Waals surface area contributed by atoms with Crippen LogP contribution in [0.15, 0.2) is 30.3 Å². The first kappa shape index (κ1) is 16.0. The molecule has 23 heavy (non-hydrogen) atoms. The number of rotatable bonds is 5. The lowest BCUT2D eigenvalue weighted by atomic mass is 9.86. The van der Waals surface area contributed by atoms with Crippen LogP contribution in [0, 0.1) is 5.92 Å². The standard InChI is InChI=1S/C19H25NO3/c1-14-7-5-6-10-16(14)20-17(21)13-23-18(22)19(11-12-19)15-8-3-2-4-9-15/h2-4,8-9,14,16H,5-7,10-13H2,1H3,(H,20,21)/t14-,16+/m1/s1. The van der Waals surface area contributed by atoms with Crippen LogP contribution in [-0.4, -0.2) is 24.5 Å². The van der Waals surface area contributed by atoms with Crippen molar-refractivity contribution in [2.45, 2.75) is 56.9 Å². The fourth-order valence-electron chi connectivity index (χ4n) is 3.54. The molecule has 0 bridgehead atoms. The van der Waals surface area contributed by atoms with Gasteiger partial charge in [-0.15, -0.1) is 0 Å². The Morgan fingerprint density at radius 3 is 2.52 bits per heavy atom. The molecular weight excluding hydrogens is 290 g/mol. The number of carbonyl (C=O) groups is 2. The predicted molar refractivity (Wildman–Crippen MR) is 87.9 cm³/mol. The fourth-order valence-corrected chi connectivity index (χ4v) is 3.54. The second-order valence-electron chi connectivity index (χ2n) is 6.96. The molecule has 0 aromatic heterocycles. The predicted octanol–water partition coefficient (Wildman–Crippen LogP) is 2.96. The van der Waals surface area contributed by atoms with Crippen molar-refractivity contribution in [3.63, 3.8) is 0 Å². The van der Waals surface area contributed by atoms with Gasteiger partial charge in [-0.2, -0.15) is 0 Å². The first-order valence-electron chi connectivity index (χ1n) is 8.64. The zero-order valence-electron chi connectivity index (χ0n) is 13.7. The summed E-state index contributed by atoms with van der Waals surface area (Å²) in [5, 5.41) is 3.02. The van der Waals surface area contributed by atoms with Crippen molar-refractivity contribution in [1.82, 2.24) is 5.32 Å². The van der Waals surface area contributed by atoms with Crippen LogP contribution in [0.3, 0.4) is 0 Å². The minimum atomic E-state index is -0.514. The van der Waals surface area contributed by atoms with Crippen LogP contribution in [0.2, 0.25) is 0 Å². The van der Waals surface area contributed by atoms with Gasteiger partial charge in [0.15, 0.2) is 6.61 Å². The molecule has 0 saturated heterocycles. The maximum absolute atomic E-state index is 12.4. The maximum Gasteiger partial charge on any atom is 0.317 e. The van der Waals surface area contributed by atoms with Crippen molar-refractivity contribution in [3.8, 4) is 0 Å². The summed E-state index contributed by atoms with van der Waals surface area (Å²) in [6.45, 7) is 2.00. The molecule has 0 unspecified atom stereocenters. The van der Waals surface area contributed by atoms with Crippen molar-refractivity contribution in [3.05, 3.63) is 35.9 Å². The Bertz CT molecular complexity index is 565. The molecule has 0 aliphatic heterocycles. The van der Waals surface area contributed by atoms with E-state index in [0.717, 1.165) is 37.7 Å². The van der Waals surface area contributed by atoms with E-state index in [1.54, 1.807) is 0 Å². The van der Waals surface area contributed by atoms with Gasteiger partial charge in [-0.3, -0.25) is 9.59 Å². The summed E-state index contributed by atoms with van der Waals surface area (Å²) in [7, 11) is 0. The van der Waals surface area contributed by atoms with Crippen LogP contribution in [-0.2, 0) is 19.7 Å². The van der Waals surface area contributed by atoms with Gasteiger partial charge in [0.05, 0.1) is 5.41 Å². The van der Waals surface area contributed by atoms with Crippen LogP contribution in [0.1, 0.15) is 51.0 Å². The summed E-state index contributed by atoms with van der Waals surface area (Å²) in [5.41, 5.74) is 0.478. The van der Waals surface area contributed by atoms with Gasteiger partial charge < -0.3 is 10.1 Å². The van der Waals surface area contributed by atoms with Crippen LogP contribution < -0.4 is 5.32 Å². The molecule has 0 heterocycles. The smallest absolute Gasteiger partial charge is 0.317 e. The van der Waals surface area contributed by atoms with E-state index in [-0.39, 0.29) is 24.5 Å². The van der Waals surface area contributed by atoms with E-state index in [0.29, 0.717) is 5.92 Å². The van der Waals surface area contributed by atoms with Crippen LogP contribution in [0.25, 0.3) is 0 Å². The minimum absolute atomic E-state index is 0.170. The van der Waals surface area contributed by atoms with Crippen LogP contribution in [0.4, 0.5) is 0 Å². The highest BCUT2D eigenvalue weighted by Gasteiger charge is 2.52. The molecule has 1 aromatic carbocycles. The van der Waals surface area contributed by atoms with Crippen molar-refractivity contribution in [1.29, 1.82) is 0 Å². The van der Waals surface area contributed by atoms with Crippen molar-refractivity contribution in [2.75, 3.05) is 6.61 Å². The Hall–Kier alpha value is -1.84. The average molecular weight is 315 g/mol. The largest absolute Gasteiger partial charge is 0.455 e. The molecule has 124 valence electrons. The molecule has 0 spiro atoms. The topological polar surface area (TPSA) is 55.4 Å². The van der Waals surface area contributed by atoms with Gasteiger partial charge in [0.1, 0.15) is 0 Å². The quantitative estimate of drug-likeness (QED) is 0.850. The lowest BCUT2D eigenvalue weighted by molar-refractivity contribution is -0.151. The highest BCUT2D eigenvalue weighted by atomic mass is 16.5.